The van der Waals surface area contributed by atoms with Gasteiger partial charge in [-0.05, 0) is 42.0 Å². The molecule has 7 nitrogen and oxygen atoms in total. The predicted octanol–water partition coefficient (Wildman–Crippen LogP) is 4.38. The van der Waals surface area contributed by atoms with E-state index in [2.05, 4.69) is 34.9 Å². The molecular formula is C27H30N2O5. The lowest BCUT2D eigenvalue weighted by Gasteiger charge is -2.28. The first-order valence-corrected chi connectivity index (χ1v) is 11.7. The third-order valence-electron chi connectivity index (χ3n) is 6.79. The van der Waals surface area contributed by atoms with Gasteiger partial charge in [0.1, 0.15) is 6.61 Å². The van der Waals surface area contributed by atoms with Crippen LogP contribution in [0.2, 0.25) is 0 Å². The van der Waals surface area contributed by atoms with E-state index in [1.165, 1.54) is 11.1 Å². The Hall–Kier alpha value is -3.61. The highest BCUT2D eigenvalue weighted by molar-refractivity contribution is 5.93. The van der Waals surface area contributed by atoms with Gasteiger partial charge >= 0.3 is 12.1 Å². The van der Waals surface area contributed by atoms with E-state index in [4.69, 9.17) is 4.74 Å². The number of rotatable bonds is 8. The lowest BCUT2D eigenvalue weighted by atomic mass is 9.92. The van der Waals surface area contributed by atoms with Gasteiger partial charge in [-0.1, -0.05) is 67.4 Å². The number of carbonyl (C=O) groups is 3. The molecule has 0 radical (unpaired) electrons. The molecule has 0 unspecified atom stereocenters. The van der Waals surface area contributed by atoms with Crippen LogP contribution in [0.5, 0.6) is 0 Å². The predicted molar refractivity (Wildman–Crippen MR) is 128 cm³/mol. The summed E-state index contributed by atoms with van der Waals surface area (Å²) < 4.78 is 5.50. The monoisotopic (exact) mass is 462 g/mol. The number of nitrogens with one attached hydrogen (secondary N) is 2. The Labute approximate surface area is 199 Å². The molecule has 34 heavy (non-hydrogen) atoms. The molecule has 2 amide bonds. The Balaban J connectivity index is 1.29. The van der Waals surface area contributed by atoms with Gasteiger partial charge in [0.2, 0.25) is 5.91 Å². The molecular weight excluding hydrogens is 432 g/mol. The van der Waals surface area contributed by atoms with Crippen LogP contribution in [-0.2, 0) is 14.3 Å². The first-order chi connectivity index (χ1) is 16.4. The molecule has 3 N–H and O–H groups in total. The van der Waals surface area contributed by atoms with Gasteiger partial charge in [-0.15, -0.1) is 0 Å². The van der Waals surface area contributed by atoms with Gasteiger partial charge < -0.3 is 20.5 Å². The third-order valence-corrected chi connectivity index (χ3v) is 6.79. The number of hydrogen-bond donors (Lipinski definition) is 3. The quantitative estimate of drug-likeness (QED) is 0.505. The van der Waals surface area contributed by atoms with Crippen LogP contribution in [0.15, 0.2) is 60.2 Å². The molecule has 2 aliphatic carbocycles. The summed E-state index contributed by atoms with van der Waals surface area (Å²) in [6, 6.07) is 16.3. The minimum atomic E-state index is -0.916. The molecule has 2 aromatic rings. The van der Waals surface area contributed by atoms with Gasteiger partial charge in [0.15, 0.2) is 0 Å². The minimum Gasteiger partial charge on any atom is -0.481 e. The first kappa shape index (κ1) is 23.5. The number of carboxylic acids is 1. The molecule has 0 aliphatic heterocycles. The van der Waals surface area contributed by atoms with Crippen LogP contribution >= 0.6 is 0 Å². The summed E-state index contributed by atoms with van der Waals surface area (Å²) in [7, 11) is 0. The number of ether oxygens (including phenoxy) is 1. The van der Waals surface area contributed by atoms with Crippen LogP contribution in [0.3, 0.4) is 0 Å². The first-order valence-electron chi connectivity index (χ1n) is 11.7. The average molecular weight is 463 g/mol. The molecule has 0 spiro atoms. The van der Waals surface area contributed by atoms with Crippen molar-refractivity contribution < 1.29 is 24.2 Å². The summed E-state index contributed by atoms with van der Waals surface area (Å²) in [5.41, 5.74) is 4.37. The highest BCUT2D eigenvalue weighted by atomic mass is 16.5. The second-order valence-corrected chi connectivity index (χ2v) is 9.11. The van der Waals surface area contributed by atoms with Crippen LogP contribution in [-0.4, -0.2) is 41.8 Å². The number of alkyl carbamates (subject to hydrolysis) is 1. The van der Waals surface area contributed by atoms with Crippen molar-refractivity contribution in [3.63, 3.8) is 0 Å². The summed E-state index contributed by atoms with van der Waals surface area (Å²) in [5, 5.41) is 14.8. The molecule has 1 saturated carbocycles. The molecule has 4 rings (SSSR count). The fourth-order valence-electron chi connectivity index (χ4n) is 5.06. The Morgan fingerprint density at radius 2 is 1.62 bits per heavy atom. The minimum absolute atomic E-state index is 0.0157. The van der Waals surface area contributed by atoms with Gasteiger partial charge in [0.25, 0.3) is 0 Å². The maximum absolute atomic E-state index is 12.6. The Kier molecular flexibility index (Phi) is 7.01. The van der Waals surface area contributed by atoms with Gasteiger partial charge in [-0.3, -0.25) is 9.59 Å². The van der Waals surface area contributed by atoms with E-state index in [9.17, 15) is 19.5 Å². The van der Waals surface area contributed by atoms with E-state index in [0.717, 1.165) is 24.0 Å². The zero-order valence-electron chi connectivity index (χ0n) is 19.3. The number of amides is 2. The van der Waals surface area contributed by atoms with Crippen LogP contribution in [0.1, 0.15) is 56.1 Å². The highest BCUT2D eigenvalue weighted by Crippen LogP contribution is 2.44. The fraction of sp³-hybridized carbons (Fsp3) is 0.370. The largest absolute Gasteiger partial charge is 0.481 e. The normalized spacial score (nSPS) is 16.4. The summed E-state index contributed by atoms with van der Waals surface area (Å²) in [5.74, 6) is -1.24. The standard InChI is InChI=1S/C27H30N2O5/c1-18(25(32)29-27(16-24(30)31)13-6-7-14-27)12-15-28-26(33)34-17-23-21-10-4-2-8-19(21)20-9-3-5-11-22(20)23/h2-5,8-12,23H,6-7,13-17H2,1H3,(H,28,33)(H,29,32)(H,30,31)/b18-12+. The average Bonchev–Trinajstić information content (AvgIpc) is 3.39. The van der Waals surface area contributed by atoms with E-state index in [1.54, 1.807) is 13.0 Å². The van der Waals surface area contributed by atoms with E-state index in [0.29, 0.717) is 18.4 Å². The van der Waals surface area contributed by atoms with E-state index >= 15 is 0 Å². The van der Waals surface area contributed by atoms with Crippen molar-refractivity contribution in [2.75, 3.05) is 13.2 Å². The number of carboxylic acid groups (broad SMARTS) is 1. The molecule has 0 bridgehead atoms. The maximum atomic E-state index is 12.6. The highest BCUT2D eigenvalue weighted by Gasteiger charge is 2.37. The summed E-state index contributed by atoms with van der Waals surface area (Å²) in [6.07, 6.45) is 4.11. The number of hydrogen-bond acceptors (Lipinski definition) is 4. The van der Waals surface area contributed by atoms with Crippen LogP contribution < -0.4 is 10.6 Å². The second kappa shape index (κ2) is 10.1. The number of carbonyl (C=O) groups excluding carboxylic acids is 2. The number of benzene rings is 2. The molecule has 0 saturated heterocycles. The van der Waals surface area contributed by atoms with Crippen molar-refractivity contribution in [1.29, 1.82) is 0 Å². The zero-order chi connectivity index (χ0) is 24.1. The summed E-state index contributed by atoms with van der Waals surface area (Å²) in [6.45, 7) is 2.01. The van der Waals surface area contributed by atoms with Crippen molar-refractivity contribution in [2.24, 2.45) is 0 Å². The van der Waals surface area contributed by atoms with Crippen molar-refractivity contribution in [1.82, 2.24) is 10.6 Å². The maximum Gasteiger partial charge on any atom is 0.407 e. The molecule has 0 heterocycles. The molecule has 0 aromatic heterocycles. The topological polar surface area (TPSA) is 105 Å². The Bertz CT molecular complexity index is 1070. The van der Waals surface area contributed by atoms with Crippen LogP contribution in [0.4, 0.5) is 4.79 Å². The Morgan fingerprint density at radius 1 is 1.03 bits per heavy atom. The van der Waals surface area contributed by atoms with Crippen molar-refractivity contribution in [3.8, 4) is 11.1 Å². The summed E-state index contributed by atoms with van der Waals surface area (Å²) >= 11 is 0. The van der Waals surface area contributed by atoms with E-state index in [-0.39, 0.29) is 31.4 Å². The summed E-state index contributed by atoms with van der Waals surface area (Å²) in [4.78, 5) is 36.1. The van der Waals surface area contributed by atoms with Gasteiger partial charge in [-0.25, -0.2) is 4.79 Å². The lowest BCUT2D eigenvalue weighted by Crippen LogP contribution is -2.48. The third kappa shape index (κ3) is 5.14. The fourth-order valence-corrected chi connectivity index (χ4v) is 5.06. The second-order valence-electron chi connectivity index (χ2n) is 9.11. The SMILES string of the molecule is C/C(=C\CNC(=O)OCC1c2ccccc2-c2ccccc21)C(=O)NC1(CC(=O)O)CCCC1. The molecule has 7 heteroatoms. The van der Waals surface area contributed by atoms with E-state index in [1.807, 2.05) is 24.3 Å². The lowest BCUT2D eigenvalue weighted by molar-refractivity contribution is -0.139. The van der Waals surface area contributed by atoms with Crippen LogP contribution in [0, 0.1) is 0 Å². The van der Waals surface area contributed by atoms with Crippen molar-refractivity contribution >= 4 is 18.0 Å². The van der Waals surface area contributed by atoms with Crippen LogP contribution in [0.25, 0.3) is 11.1 Å². The molecule has 2 aliphatic rings. The van der Waals surface area contributed by atoms with Gasteiger partial charge in [-0.2, -0.15) is 0 Å². The van der Waals surface area contributed by atoms with Crippen molar-refractivity contribution in [2.45, 2.75) is 50.5 Å². The van der Waals surface area contributed by atoms with Gasteiger partial charge in [0, 0.05) is 18.0 Å². The number of fused-ring (bicyclic) bond motifs is 3. The molecule has 2 aromatic carbocycles. The smallest absolute Gasteiger partial charge is 0.407 e. The van der Waals surface area contributed by atoms with Crippen molar-refractivity contribution in [3.05, 3.63) is 71.3 Å². The van der Waals surface area contributed by atoms with E-state index < -0.39 is 17.6 Å². The zero-order valence-corrected chi connectivity index (χ0v) is 19.3. The molecule has 0 atom stereocenters. The number of aliphatic carboxylic acids is 1. The Morgan fingerprint density at radius 3 is 2.21 bits per heavy atom. The molecule has 1 fully saturated rings. The molecule has 178 valence electrons. The van der Waals surface area contributed by atoms with Gasteiger partial charge in [0.05, 0.1) is 12.0 Å².